The molecule has 1 saturated heterocycles. The van der Waals surface area contributed by atoms with Crippen molar-refractivity contribution in [3.8, 4) is 0 Å². The lowest BCUT2D eigenvalue weighted by Gasteiger charge is -2.20. The van der Waals surface area contributed by atoms with Crippen LogP contribution in [0.1, 0.15) is 10.3 Å². The number of aliphatic hydroxyl groups excluding tert-OH is 2. The van der Waals surface area contributed by atoms with Crippen LogP contribution in [-0.4, -0.2) is 49.5 Å². The van der Waals surface area contributed by atoms with Crippen molar-refractivity contribution in [2.75, 3.05) is 6.56 Å². The highest BCUT2D eigenvalue weighted by molar-refractivity contribution is 7.71. The van der Waals surface area contributed by atoms with Gasteiger partial charge in [-0.15, -0.1) is 0 Å². The molecule has 0 aromatic carbocycles. The molecular weight excluding hydrogens is 303 g/mol. The summed E-state index contributed by atoms with van der Waals surface area (Å²) in [5, 5.41) is 28.2. The summed E-state index contributed by atoms with van der Waals surface area (Å²) in [6.45, 7) is -3.73. The lowest BCUT2D eigenvalue weighted by Crippen LogP contribution is -2.42. The number of aromatic nitrogens is 2. The normalized spacial score (nSPS) is 41.6. The molecule has 0 aliphatic carbocycles. The van der Waals surface area contributed by atoms with Gasteiger partial charge in [-0.3, -0.25) is 14.3 Å². The van der Waals surface area contributed by atoms with Crippen molar-refractivity contribution >= 4 is 23.8 Å². The average molecular weight is 316 g/mol. The Bertz CT molecular complexity index is 726. The number of aliphatic hydroxyl groups is 3. The van der Waals surface area contributed by atoms with E-state index in [1.54, 1.807) is 0 Å². The Balaban J connectivity index is 2.64. The van der Waals surface area contributed by atoms with Gasteiger partial charge in [-0.1, -0.05) is 11.6 Å². The van der Waals surface area contributed by atoms with Gasteiger partial charge in [-0.25, -0.2) is 4.39 Å². The summed E-state index contributed by atoms with van der Waals surface area (Å²) in [7, 11) is 0. The molecule has 0 amide bonds. The van der Waals surface area contributed by atoms with Crippen LogP contribution in [-0.2, 0) is 4.74 Å². The van der Waals surface area contributed by atoms with E-state index >= 15 is 0 Å². The van der Waals surface area contributed by atoms with Crippen molar-refractivity contribution < 1.29 is 28.6 Å². The smallest absolute Gasteiger partial charge is 0.270 e. The molecular formula is C9H10ClFN2O5S. The van der Waals surface area contributed by atoms with Crippen LogP contribution in [0.2, 0.25) is 5.02 Å². The van der Waals surface area contributed by atoms with Gasteiger partial charge in [0.15, 0.2) is 11.0 Å². The second-order valence-electron chi connectivity index (χ2n) is 3.69. The molecule has 4 N–H and O–H groups in total. The lowest BCUT2D eigenvalue weighted by molar-refractivity contribution is -0.207. The lowest BCUT2D eigenvalue weighted by atomic mass is 10.1. The number of H-pyrrole nitrogens is 1. The topological polar surface area (TPSA) is 108 Å². The molecule has 0 radical (unpaired) electrons. The molecule has 4 atom stereocenters. The second kappa shape index (κ2) is 4.93. The molecule has 19 heavy (non-hydrogen) atoms. The first-order chi connectivity index (χ1) is 9.84. The van der Waals surface area contributed by atoms with E-state index in [2.05, 4.69) is 4.74 Å². The van der Waals surface area contributed by atoms with Gasteiger partial charge in [0.05, 0.1) is 4.11 Å². The maximum Gasteiger partial charge on any atom is 0.270 e. The zero-order valence-electron chi connectivity index (χ0n) is 12.0. The van der Waals surface area contributed by atoms with E-state index < -0.39 is 46.2 Å². The van der Waals surface area contributed by atoms with Gasteiger partial charge in [0.2, 0.25) is 0 Å². The van der Waals surface area contributed by atoms with Gasteiger partial charge in [-0.2, -0.15) is 0 Å². The number of nitrogens with zero attached hydrogens (tertiary/aromatic N) is 1. The Labute approximate surface area is 120 Å². The minimum atomic E-state index is -3.81. The first-order valence-electron chi connectivity index (χ1n) is 6.34. The summed E-state index contributed by atoms with van der Waals surface area (Å²) in [4.78, 5) is 13.3. The predicted octanol–water partition coefficient (Wildman–Crippen LogP) is -0.532. The molecule has 1 aliphatic rings. The standard InChI is InChI=1S/C9H10ClFN2O5S/c10-3-1-13(8(19)12-6(3)17)7-4(15)5(16)9(11,2-14)18-7/h1,4-5,7,14-16H,2H2,(H,12,17,19)/t4-,5+,7-,9-/m1/s1/i2D2,7D. The van der Waals surface area contributed by atoms with E-state index in [4.69, 9.17) is 27.9 Å². The third-order valence-corrected chi connectivity index (χ3v) is 3.04. The van der Waals surface area contributed by atoms with E-state index in [1.807, 2.05) is 4.98 Å². The highest BCUT2D eigenvalue weighted by Crippen LogP contribution is 2.38. The number of ether oxygens (including phenoxy) is 1. The van der Waals surface area contributed by atoms with Crippen LogP contribution in [0.4, 0.5) is 4.39 Å². The number of halogens is 2. The molecule has 10 heteroatoms. The third kappa shape index (κ3) is 2.33. The van der Waals surface area contributed by atoms with E-state index in [0.29, 0.717) is 4.57 Å². The van der Waals surface area contributed by atoms with Gasteiger partial charge in [-0.05, 0) is 12.2 Å². The predicted molar refractivity (Wildman–Crippen MR) is 64.0 cm³/mol. The van der Waals surface area contributed by atoms with E-state index in [0.717, 1.165) is 6.20 Å². The second-order valence-corrected chi connectivity index (χ2v) is 4.49. The zero-order valence-corrected chi connectivity index (χ0v) is 10.6. The third-order valence-electron chi connectivity index (χ3n) is 2.47. The molecule has 0 unspecified atom stereocenters. The minimum absolute atomic E-state index is 0.478. The highest BCUT2D eigenvalue weighted by Gasteiger charge is 2.55. The zero-order chi connectivity index (χ0) is 17.1. The molecule has 2 heterocycles. The number of aromatic amines is 1. The number of alkyl halides is 1. The molecule has 106 valence electrons. The van der Waals surface area contributed by atoms with Crippen molar-refractivity contribution in [1.82, 2.24) is 9.55 Å². The van der Waals surface area contributed by atoms with Crippen molar-refractivity contribution in [2.24, 2.45) is 0 Å². The van der Waals surface area contributed by atoms with Crippen LogP contribution in [0.25, 0.3) is 0 Å². The Morgan fingerprint density at radius 1 is 1.79 bits per heavy atom. The number of hydrogen-bond donors (Lipinski definition) is 4. The maximum atomic E-state index is 14.4. The molecule has 1 aliphatic heterocycles. The Kier molecular flexibility index (Phi) is 2.82. The number of hydrogen-bond acceptors (Lipinski definition) is 6. The van der Waals surface area contributed by atoms with Crippen molar-refractivity contribution in [1.29, 1.82) is 0 Å². The first-order valence-corrected chi connectivity index (χ1v) is 5.63. The first kappa shape index (κ1) is 10.9. The summed E-state index contributed by atoms with van der Waals surface area (Å²) in [5.41, 5.74) is -0.816. The summed E-state index contributed by atoms with van der Waals surface area (Å²) >= 11 is 10.3. The summed E-state index contributed by atoms with van der Waals surface area (Å²) in [5.74, 6) is -3.81. The number of nitrogens with one attached hydrogen (secondary N) is 1. The SMILES string of the molecule is [2H]C([2H])(O)[C@@]1(F)O[C@@]([2H])(n2cc(Cl)c(=O)[nH]c2=S)[C@H](O)[C@@H]1O. The molecule has 0 spiro atoms. The molecule has 7 nitrogen and oxygen atoms in total. The largest absolute Gasteiger partial charge is 0.390 e. The highest BCUT2D eigenvalue weighted by atomic mass is 35.5. The molecule has 1 aromatic heterocycles. The van der Waals surface area contributed by atoms with Crippen LogP contribution in [0.15, 0.2) is 11.0 Å². The molecule has 1 aromatic rings. The van der Waals surface area contributed by atoms with E-state index in [9.17, 15) is 24.5 Å². The molecule has 0 saturated carbocycles. The number of rotatable bonds is 2. The fraction of sp³-hybridized carbons (Fsp3) is 0.556. The fourth-order valence-corrected chi connectivity index (χ4v) is 1.88. The molecule has 1 fully saturated rings. The Morgan fingerprint density at radius 3 is 2.95 bits per heavy atom. The van der Waals surface area contributed by atoms with Crippen LogP contribution >= 0.6 is 23.8 Å². The van der Waals surface area contributed by atoms with Crippen LogP contribution < -0.4 is 5.56 Å². The Hall–Kier alpha value is -0.840. The fourth-order valence-electron chi connectivity index (χ4n) is 1.50. The monoisotopic (exact) mass is 315 g/mol. The maximum absolute atomic E-state index is 14.4. The van der Waals surface area contributed by atoms with Gasteiger partial charge < -0.3 is 20.1 Å². The average Bonchev–Trinajstić information content (AvgIpc) is 2.56. The molecule has 2 rings (SSSR count). The summed E-state index contributed by atoms with van der Waals surface area (Å²) < 4.78 is 40.8. The quantitative estimate of drug-likeness (QED) is 0.546. The summed E-state index contributed by atoms with van der Waals surface area (Å²) in [6.07, 6.45) is -7.09. The summed E-state index contributed by atoms with van der Waals surface area (Å²) in [6, 6.07) is 0. The van der Waals surface area contributed by atoms with Crippen molar-refractivity contribution in [3.05, 3.63) is 26.3 Å². The van der Waals surface area contributed by atoms with E-state index in [-0.39, 0.29) is 0 Å². The van der Waals surface area contributed by atoms with Crippen molar-refractivity contribution in [2.45, 2.75) is 24.3 Å². The Morgan fingerprint density at radius 2 is 2.42 bits per heavy atom. The van der Waals surface area contributed by atoms with Gasteiger partial charge in [0.25, 0.3) is 11.4 Å². The van der Waals surface area contributed by atoms with Gasteiger partial charge in [0, 0.05) is 6.20 Å². The van der Waals surface area contributed by atoms with Crippen LogP contribution in [0, 0.1) is 4.77 Å². The van der Waals surface area contributed by atoms with E-state index in [1.165, 1.54) is 0 Å². The van der Waals surface area contributed by atoms with Crippen LogP contribution in [0.3, 0.4) is 0 Å². The molecule has 0 bridgehead atoms. The van der Waals surface area contributed by atoms with Gasteiger partial charge in [0.1, 0.15) is 23.8 Å². The van der Waals surface area contributed by atoms with Crippen LogP contribution in [0.5, 0.6) is 0 Å². The minimum Gasteiger partial charge on any atom is -0.390 e. The van der Waals surface area contributed by atoms with Gasteiger partial charge >= 0.3 is 0 Å². The van der Waals surface area contributed by atoms with Crippen molar-refractivity contribution in [3.63, 3.8) is 0 Å².